The molecule has 0 atom stereocenters. The molecule has 17 heavy (non-hydrogen) atoms. The number of ether oxygens (including phenoxy) is 1. The zero-order chi connectivity index (χ0) is 12.7. The Kier molecular flexibility index (Phi) is 5.75. The zero-order valence-electron chi connectivity index (χ0n) is 8.98. The van der Waals surface area contributed by atoms with Crippen LogP contribution in [0, 0.1) is 3.57 Å². The molecular weight excluding hydrogens is 337 g/mol. The van der Waals surface area contributed by atoms with Gasteiger partial charge in [0.05, 0.1) is 6.42 Å². The maximum atomic E-state index is 11.3. The van der Waals surface area contributed by atoms with E-state index >= 15 is 0 Å². The molecule has 5 nitrogen and oxygen atoms in total. The quantitative estimate of drug-likeness (QED) is 0.759. The first-order chi connectivity index (χ1) is 8.08. The van der Waals surface area contributed by atoms with E-state index < -0.39 is 5.97 Å². The monoisotopic (exact) mass is 349 g/mol. The van der Waals surface area contributed by atoms with Gasteiger partial charge in [0, 0.05) is 10.1 Å². The third-order valence-corrected chi connectivity index (χ3v) is 2.50. The van der Waals surface area contributed by atoms with Gasteiger partial charge in [0.2, 0.25) is 0 Å². The van der Waals surface area contributed by atoms with Gasteiger partial charge in [-0.1, -0.05) is 6.07 Å². The number of benzene rings is 1. The highest BCUT2D eigenvalue weighted by atomic mass is 127. The number of aliphatic carboxylic acids is 1. The van der Waals surface area contributed by atoms with Crippen molar-refractivity contribution < 1.29 is 19.4 Å². The van der Waals surface area contributed by atoms with E-state index in [0.717, 1.165) is 3.57 Å². The van der Waals surface area contributed by atoms with E-state index in [1.54, 1.807) is 6.07 Å². The summed E-state index contributed by atoms with van der Waals surface area (Å²) in [6.45, 7) is 0.00353. The molecule has 2 N–H and O–H groups in total. The molecular formula is C11H12INO4. The number of carboxylic acids is 1. The van der Waals surface area contributed by atoms with E-state index in [1.165, 1.54) is 0 Å². The van der Waals surface area contributed by atoms with E-state index in [-0.39, 0.29) is 25.5 Å². The average molecular weight is 349 g/mol. The first kappa shape index (κ1) is 13.8. The first-order valence-corrected chi connectivity index (χ1v) is 6.02. The molecule has 0 aromatic heterocycles. The maximum Gasteiger partial charge on any atom is 0.305 e. The molecule has 0 aliphatic rings. The lowest BCUT2D eigenvalue weighted by Gasteiger charge is -2.06. The molecule has 1 rings (SSSR count). The summed E-state index contributed by atoms with van der Waals surface area (Å²) in [5, 5.41) is 10.8. The molecule has 0 saturated carbocycles. The second kappa shape index (κ2) is 7.10. The van der Waals surface area contributed by atoms with E-state index in [4.69, 9.17) is 9.84 Å². The fraction of sp³-hybridized carbons (Fsp3) is 0.273. The predicted octanol–water partition coefficient (Wildman–Crippen LogP) is 1.26. The third kappa shape index (κ3) is 6.10. The fourth-order valence-electron chi connectivity index (χ4n) is 1.07. The van der Waals surface area contributed by atoms with Crippen molar-refractivity contribution in [2.24, 2.45) is 0 Å². The SMILES string of the molecule is O=C(O)CCNC(=O)COc1cccc(I)c1. The van der Waals surface area contributed by atoms with Gasteiger partial charge >= 0.3 is 5.97 Å². The van der Waals surface area contributed by atoms with Gasteiger partial charge in [0.25, 0.3) is 5.91 Å². The molecule has 0 fully saturated rings. The molecule has 1 amide bonds. The second-order valence-corrected chi connectivity index (χ2v) is 4.49. The molecule has 0 radical (unpaired) electrons. The van der Waals surface area contributed by atoms with Crippen LogP contribution >= 0.6 is 22.6 Å². The molecule has 0 aliphatic carbocycles. The summed E-state index contributed by atoms with van der Waals surface area (Å²) in [7, 11) is 0. The third-order valence-electron chi connectivity index (χ3n) is 1.83. The van der Waals surface area contributed by atoms with E-state index in [0.29, 0.717) is 5.75 Å². The highest BCUT2D eigenvalue weighted by Crippen LogP contribution is 2.14. The number of nitrogens with one attached hydrogen (secondary N) is 1. The van der Waals surface area contributed by atoms with Crippen molar-refractivity contribution in [1.82, 2.24) is 5.32 Å². The summed E-state index contributed by atoms with van der Waals surface area (Å²) < 4.78 is 6.26. The van der Waals surface area contributed by atoms with Crippen LogP contribution in [-0.2, 0) is 9.59 Å². The Bertz CT molecular complexity index is 408. The zero-order valence-corrected chi connectivity index (χ0v) is 11.1. The summed E-state index contributed by atoms with van der Waals surface area (Å²) in [4.78, 5) is 21.5. The number of carbonyl (C=O) groups is 2. The average Bonchev–Trinajstić information content (AvgIpc) is 2.26. The normalized spacial score (nSPS) is 9.71. The lowest BCUT2D eigenvalue weighted by Crippen LogP contribution is -2.30. The number of hydrogen-bond acceptors (Lipinski definition) is 3. The summed E-state index contributed by atoms with van der Waals surface area (Å²) in [6.07, 6.45) is -0.0883. The first-order valence-electron chi connectivity index (χ1n) is 4.95. The maximum absolute atomic E-state index is 11.3. The van der Waals surface area contributed by atoms with E-state index in [2.05, 4.69) is 27.9 Å². The molecule has 0 bridgehead atoms. The van der Waals surface area contributed by atoms with Crippen LogP contribution < -0.4 is 10.1 Å². The van der Waals surface area contributed by atoms with Crippen LogP contribution in [0.2, 0.25) is 0 Å². The standard InChI is InChI=1S/C11H12INO4/c12-8-2-1-3-9(6-8)17-7-10(14)13-5-4-11(15)16/h1-3,6H,4-5,7H2,(H,13,14)(H,15,16). The smallest absolute Gasteiger partial charge is 0.305 e. The van der Waals surface area contributed by atoms with Crippen LogP contribution in [0.5, 0.6) is 5.75 Å². The fourth-order valence-corrected chi connectivity index (χ4v) is 1.58. The molecule has 0 aliphatic heterocycles. The largest absolute Gasteiger partial charge is 0.484 e. The molecule has 1 aromatic carbocycles. The lowest BCUT2D eigenvalue weighted by atomic mass is 10.3. The van der Waals surface area contributed by atoms with Crippen LogP contribution in [0.25, 0.3) is 0 Å². The molecule has 0 spiro atoms. The Morgan fingerprint density at radius 3 is 2.82 bits per heavy atom. The van der Waals surface area contributed by atoms with Crippen molar-refractivity contribution in [3.63, 3.8) is 0 Å². The van der Waals surface area contributed by atoms with Gasteiger partial charge in [-0.3, -0.25) is 9.59 Å². The minimum absolute atomic E-state index is 0.0883. The molecule has 0 heterocycles. The van der Waals surface area contributed by atoms with Crippen molar-refractivity contribution in [2.75, 3.05) is 13.2 Å². The second-order valence-electron chi connectivity index (χ2n) is 3.24. The molecule has 1 aromatic rings. The molecule has 0 unspecified atom stereocenters. The van der Waals surface area contributed by atoms with Crippen LogP contribution in [0.1, 0.15) is 6.42 Å². The molecule has 6 heteroatoms. The van der Waals surface area contributed by atoms with Crippen LogP contribution in [0.3, 0.4) is 0 Å². The van der Waals surface area contributed by atoms with Gasteiger partial charge in [0.1, 0.15) is 5.75 Å². The Labute approximate surface area is 112 Å². The van der Waals surface area contributed by atoms with Gasteiger partial charge in [-0.05, 0) is 40.8 Å². The molecule has 92 valence electrons. The lowest BCUT2D eigenvalue weighted by molar-refractivity contribution is -0.137. The van der Waals surface area contributed by atoms with E-state index in [9.17, 15) is 9.59 Å². The summed E-state index contributed by atoms with van der Waals surface area (Å²) >= 11 is 2.15. The minimum atomic E-state index is -0.941. The summed E-state index contributed by atoms with van der Waals surface area (Å²) in [5.74, 6) is -0.653. The number of carboxylic acid groups (broad SMARTS) is 1. The highest BCUT2D eigenvalue weighted by Gasteiger charge is 2.03. The Morgan fingerprint density at radius 1 is 1.41 bits per heavy atom. The van der Waals surface area contributed by atoms with Crippen molar-refractivity contribution in [2.45, 2.75) is 6.42 Å². The van der Waals surface area contributed by atoms with Gasteiger partial charge in [-0.2, -0.15) is 0 Å². The van der Waals surface area contributed by atoms with Crippen molar-refractivity contribution in [3.05, 3.63) is 27.8 Å². The number of hydrogen-bond donors (Lipinski definition) is 2. The van der Waals surface area contributed by atoms with Crippen LogP contribution in [0.15, 0.2) is 24.3 Å². The van der Waals surface area contributed by atoms with Gasteiger partial charge in [-0.25, -0.2) is 0 Å². The number of amides is 1. The predicted molar refractivity (Wildman–Crippen MR) is 69.9 cm³/mol. The minimum Gasteiger partial charge on any atom is -0.484 e. The molecule has 0 saturated heterocycles. The summed E-state index contributed by atoms with van der Waals surface area (Å²) in [5.41, 5.74) is 0. The van der Waals surface area contributed by atoms with Gasteiger partial charge in [-0.15, -0.1) is 0 Å². The topological polar surface area (TPSA) is 75.6 Å². The van der Waals surface area contributed by atoms with Crippen molar-refractivity contribution in [3.8, 4) is 5.75 Å². The van der Waals surface area contributed by atoms with E-state index in [1.807, 2.05) is 18.2 Å². The summed E-state index contributed by atoms with van der Waals surface area (Å²) in [6, 6.07) is 7.32. The van der Waals surface area contributed by atoms with Crippen molar-refractivity contribution in [1.29, 1.82) is 0 Å². The van der Waals surface area contributed by atoms with Crippen molar-refractivity contribution >= 4 is 34.5 Å². The van der Waals surface area contributed by atoms with Gasteiger partial charge < -0.3 is 15.2 Å². The van der Waals surface area contributed by atoms with Crippen LogP contribution in [-0.4, -0.2) is 30.1 Å². The van der Waals surface area contributed by atoms with Gasteiger partial charge in [0.15, 0.2) is 6.61 Å². The number of rotatable bonds is 6. The Balaban J connectivity index is 2.26. The highest BCUT2D eigenvalue weighted by molar-refractivity contribution is 14.1. The number of carbonyl (C=O) groups excluding carboxylic acids is 1. The number of halogens is 1. The van der Waals surface area contributed by atoms with Crippen LogP contribution in [0.4, 0.5) is 0 Å². The Hall–Kier alpha value is -1.31. The Morgan fingerprint density at radius 2 is 2.18 bits per heavy atom.